The molecule has 76 heavy (non-hydrogen) atoms. The third-order valence-corrected chi connectivity index (χ3v) is 13.5. The molecule has 0 saturated carbocycles. The molecule has 10 rings (SSSR count). The van der Waals surface area contributed by atoms with Crippen molar-refractivity contribution < 1.29 is 56.1 Å². The molecule has 0 aromatic heterocycles. The molecule has 6 amide bonds. The van der Waals surface area contributed by atoms with Gasteiger partial charge in [0.15, 0.2) is 28.8 Å². The Morgan fingerprint density at radius 1 is 0.500 bits per heavy atom. The second-order valence-corrected chi connectivity index (χ2v) is 18.5. The maximum atomic E-state index is 13.6. The van der Waals surface area contributed by atoms with Crippen molar-refractivity contribution in [1.82, 2.24) is 20.5 Å². The number of nitrogens with one attached hydrogen (secondary N) is 2. The Kier molecular flexibility index (Phi) is 16.3. The highest BCUT2D eigenvalue weighted by Gasteiger charge is 2.38. The number of rotatable bonds is 12. The molecule has 4 heterocycles. The summed E-state index contributed by atoms with van der Waals surface area (Å²) >= 11 is 0. The van der Waals surface area contributed by atoms with E-state index in [2.05, 4.69) is 5.43 Å². The third-order valence-electron chi connectivity index (χ3n) is 13.5. The summed E-state index contributed by atoms with van der Waals surface area (Å²) in [6, 6.07) is 40.4. The number of anilines is 2. The van der Waals surface area contributed by atoms with Crippen molar-refractivity contribution in [1.29, 1.82) is 0 Å². The predicted molar refractivity (Wildman–Crippen MR) is 278 cm³/mol. The number of hydrazine groups is 1. The summed E-state index contributed by atoms with van der Waals surface area (Å²) in [6.45, 7) is 3.14. The Bertz CT molecular complexity index is 3040. The van der Waals surface area contributed by atoms with Crippen LogP contribution < -0.4 is 45.3 Å². The number of carbonyl (C=O) groups excluding carboxylic acids is 5. The zero-order valence-corrected chi connectivity index (χ0v) is 41.5. The van der Waals surface area contributed by atoms with E-state index in [1.165, 1.54) is 12.1 Å². The fraction of sp³-hybridized carbons (Fsp3) is 0.281. The van der Waals surface area contributed by atoms with E-state index in [9.17, 15) is 37.1 Å². The number of benzene rings is 6. The first-order chi connectivity index (χ1) is 36.8. The largest absolute Gasteiger partial charge is 0.471 e. The van der Waals surface area contributed by atoms with Crippen LogP contribution in [0.15, 0.2) is 133 Å². The molecule has 4 aliphatic rings. The summed E-state index contributed by atoms with van der Waals surface area (Å²) in [4.78, 5) is 69.5. The quantitative estimate of drug-likeness (QED) is 0.0461. The van der Waals surface area contributed by atoms with E-state index in [1.807, 2.05) is 107 Å². The van der Waals surface area contributed by atoms with Crippen LogP contribution in [0.4, 0.5) is 34.1 Å². The van der Waals surface area contributed by atoms with Crippen molar-refractivity contribution in [3.63, 3.8) is 0 Å². The van der Waals surface area contributed by atoms with Crippen LogP contribution in [0.5, 0.6) is 23.0 Å². The molecule has 2 fully saturated rings. The number of hydrogen-bond acceptors (Lipinski definition) is 10. The molecule has 19 heteroatoms. The number of piperidine rings is 2. The molecule has 0 bridgehead atoms. The van der Waals surface area contributed by atoms with Gasteiger partial charge in [0.05, 0.1) is 19.6 Å². The number of urea groups is 2. The Balaban J connectivity index is 0.000000188. The number of halogens is 3. The molecule has 0 aliphatic carbocycles. The first-order valence-corrected chi connectivity index (χ1v) is 25.0. The average molecular weight is 1040 g/mol. The minimum atomic E-state index is -5.06. The third kappa shape index (κ3) is 12.7. The van der Waals surface area contributed by atoms with Crippen LogP contribution in [-0.4, -0.2) is 91.9 Å². The van der Waals surface area contributed by atoms with Gasteiger partial charge < -0.3 is 34.1 Å². The number of fused-ring (bicyclic) bond motifs is 2. The zero-order chi connectivity index (χ0) is 53.2. The lowest BCUT2D eigenvalue weighted by Crippen LogP contribution is -2.45. The molecule has 0 unspecified atom stereocenters. The fourth-order valence-electron chi connectivity index (χ4n) is 9.24. The first-order valence-electron chi connectivity index (χ1n) is 25.0. The Morgan fingerprint density at radius 2 is 0.895 bits per heavy atom. The molecule has 394 valence electrons. The van der Waals surface area contributed by atoms with Crippen molar-refractivity contribution in [3.05, 3.63) is 156 Å². The number of nitrogens with zero attached hydrogens (tertiary/aromatic N) is 4. The summed E-state index contributed by atoms with van der Waals surface area (Å²) in [5.41, 5.74) is 9.84. The van der Waals surface area contributed by atoms with E-state index in [0.717, 1.165) is 102 Å². The number of ether oxygens (including phenoxy) is 4. The van der Waals surface area contributed by atoms with Gasteiger partial charge in [-0.15, -0.1) is 0 Å². The van der Waals surface area contributed by atoms with E-state index < -0.39 is 24.4 Å². The lowest BCUT2D eigenvalue weighted by molar-refractivity contribution is -0.173. The summed E-state index contributed by atoms with van der Waals surface area (Å²) in [7, 11) is 0. The number of amides is 6. The van der Waals surface area contributed by atoms with Gasteiger partial charge in [0.1, 0.15) is 0 Å². The van der Waals surface area contributed by atoms with Crippen molar-refractivity contribution in [3.8, 4) is 45.3 Å². The lowest BCUT2D eigenvalue weighted by atomic mass is 10.0. The predicted octanol–water partition coefficient (Wildman–Crippen LogP) is 9.85. The van der Waals surface area contributed by atoms with Crippen LogP contribution in [0.3, 0.4) is 0 Å². The second-order valence-electron chi connectivity index (χ2n) is 18.5. The number of alkyl halides is 3. The van der Waals surface area contributed by atoms with Crippen LogP contribution in [-0.2, 0) is 17.9 Å². The molecular formula is C57H56F3N7O9. The highest BCUT2D eigenvalue weighted by Crippen LogP contribution is 2.38. The SMILES string of the molecule is NNC(=O)c1ccc(CN(C(=O)N2CCCCC2)c2ccc(-c3ccc4c(c3)OCO4)cc2)cc1.O=C(CNC(=O)C(F)(F)F)c1ccc(CN(C(=O)N2CCCCC2)c2ccc(-c3ccc4c(c3)OCO4)cc2)cc1. The van der Waals surface area contributed by atoms with E-state index >= 15 is 0 Å². The van der Waals surface area contributed by atoms with Gasteiger partial charge in [0.2, 0.25) is 13.6 Å². The number of nitrogens with two attached hydrogens (primary N) is 1. The molecule has 6 aromatic rings. The number of Topliss-reactive ketones (excluding diaryl/α,β-unsaturated/α-hetero) is 1. The molecule has 6 aromatic carbocycles. The minimum Gasteiger partial charge on any atom is -0.454 e. The molecule has 4 aliphatic heterocycles. The molecule has 4 N–H and O–H groups in total. The standard InChI is InChI=1S/C30H28F3N3O5.C27H28N4O4/c31-30(32,33)28(38)34-17-25(37)22-6-4-20(5-7-22)18-36(29(39)35-14-2-1-3-15-35)24-11-8-21(9-12-24)23-10-13-26-27(16-23)41-19-40-26;28-29-26(32)21-6-4-19(5-7-21)17-31(27(33)30-14-2-1-3-15-30)23-11-8-20(9-12-23)22-10-13-24-25(16-22)35-18-34-24/h4-13,16H,1-3,14-15,17-19H2,(H,34,38);4-13,16H,1-3,14-15,17-18,28H2,(H,29,32). The second kappa shape index (κ2) is 23.7. The highest BCUT2D eigenvalue weighted by molar-refractivity contribution is 6.00. The maximum absolute atomic E-state index is 13.6. The topological polar surface area (TPSA) is 185 Å². The summed E-state index contributed by atoms with van der Waals surface area (Å²) in [5.74, 6) is 4.92. The van der Waals surface area contributed by atoms with Gasteiger partial charge in [0.25, 0.3) is 5.91 Å². The van der Waals surface area contributed by atoms with Gasteiger partial charge in [-0.2, -0.15) is 13.2 Å². The van der Waals surface area contributed by atoms with Crippen molar-refractivity contribution in [2.45, 2.75) is 57.8 Å². The van der Waals surface area contributed by atoms with Gasteiger partial charge in [0, 0.05) is 48.7 Å². The molecule has 16 nitrogen and oxygen atoms in total. The summed E-state index contributed by atoms with van der Waals surface area (Å²) in [6.07, 6.45) is 1.08. The number of hydrogen-bond donors (Lipinski definition) is 3. The molecule has 2 saturated heterocycles. The summed E-state index contributed by atoms with van der Waals surface area (Å²) in [5, 5.41) is 1.58. The summed E-state index contributed by atoms with van der Waals surface area (Å²) < 4.78 is 59.0. The van der Waals surface area contributed by atoms with Crippen LogP contribution in [0.2, 0.25) is 0 Å². The molecule has 0 spiro atoms. The molecule has 0 radical (unpaired) electrons. The maximum Gasteiger partial charge on any atom is 0.471 e. The van der Waals surface area contributed by atoms with Crippen LogP contribution >= 0.6 is 0 Å². The van der Waals surface area contributed by atoms with Crippen molar-refractivity contribution in [2.75, 3.05) is 56.1 Å². The highest BCUT2D eigenvalue weighted by atomic mass is 19.4. The van der Waals surface area contributed by atoms with Crippen LogP contribution in [0, 0.1) is 0 Å². The number of ketones is 1. The fourth-order valence-corrected chi connectivity index (χ4v) is 9.24. The number of nitrogen functional groups attached to an aromatic ring is 1. The van der Waals surface area contributed by atoms with Gasteiger partial charge in [-0.3, -0.25) is 29.6 Å². The zero-order valence-electron chi connectivity index (χ0n) is 41.5. The van der Waals surface area contributed by atoms with E-state index in [0.29, 0.717) is 42.4 Å². The van der Waals surface area contributed by atoms with Crippen molar-refractivity contribution >= 4 is 41.0 Å². The van der Waals surface area contributed by atoms with Gasteiger partial charge in [-0.05, 0) is 133 Å². The Morgan fingerprint density at radius 3 is 1.30 bits per heavy atom. The van der Waals surface area contributed by atoms with Gasteiger partial charge in [-0.25, -0.2) is 15.4 Å². The first kappa shape index (κ1) is 52.3. The lowest BCUT2D eigenvalue weighted by Gasteiger charge is -2.33. The van der Waals surface area contributed by atoms with Gasteiger partial charge >= 0.3 is 24.1 Å². The van der Waals surface area contributed by atoms with Crippen LogP contribution in [0.25, 0.3) is 22.3 Å². The smallest absolute Gasteiger partial charge is 0.454 e. The number of carbonyl (C=O) groups is 5. The van der Waals surface area contributed by atoms with E-state index in [1.54, 1.807) is 39.4 Å². The van der Waals surface area contributed by atoms with Crippen LogP contribution in [0.1, 0.15) is 70.4 Å². The number of likely N-dealkylation sites (tertiary alicyclic amines) is 2. The normalized spacial score (nSPS) is 14.5. The molecule has 0 atom stereocenters. The van der Waals surface area contributed by atoms with E-state index in [-0.39, 0.29) is 43.7 Å². The van der Waals surface area contributed by atoms with E-state index in [4.69, 9.17) is 24.8 Å². The molecular weight excluding hydrogens is 984 g/mol. The van der Waals surface area contributed by atoms with Gasteiger partial charge in [-0.1, -0.05) is 72.8 Å². The Hall–Kier alpha value is -8.58. The monoisotopic (exact) mass is 1040 g/mol. The Labute approximate surface area is 437 Å². The van der Waals surface area contributed by atoms with Crippen molar-refractivity contribution in [2.24, 2.45) is 5.84 Å². The minimum absolute atomic E-state index is 0.00990. The average Bonchev–Trinajstić information content (AvgIpc) is 4.15.